The van der Waals surface area contributed by atoms with Gasteiger partial charge in [0.15, 0.2) is 0 Å². The zero-order valence-electron chi connectivity index (χ0n) is 39.9. The van der Waals surface area contributed by atoms with Gasteiger partial charge in [-0.3, -0.25) is 0 Å². The highest BCUT2D eigenvalue weighted by Crippen LogP contribution is 2.64. The average molecular weight is 884 g/mol. The molecule has 1 unspecified atom stereocenters. The third-order valence-electron chi connectivity index (χ3n) is 15.7. The van der Waals surface area contributed by atoms with Crippen LogP contribution in [0, 0.1) is 13.8 Å². The summed E-state index contributed by atoms with van der Waals surface area (Å²) >= 11 is 0. The molecule has 1 spiro atoms. The van der Waals surface area contributed by atoms with Gasteiger partial charge in [-0.2, -0.15) is 0 Å². The first-order valence-electron chi connectivity index (χ1n) is 24.5. The standard InChI is InChI=1S/C68H53N/c1-44-26-30-48(31-27-44)67(49-32-28-45(2)29-33-49)60-23-12-9-20-54(60)58-38-35-52(42-64(58)67)69(51-19-15-18-47(40-51)46-16-7-6-8-17-46)53-36-39-59-56-22-11-14-25-62(56)68(65(59)43-53)61-24-13-10-21-55(61)57-37-34-50(41-63(57)68)66(3,4)5/h6-43H,1-5H3. The third-order valence-corrected chi connectivity index (χ3v) is 15.7. The minimum atomic E-state index is -0.549. The highest BCUT2D eigenvalue weighted by atomic mass is 15.1. The molecule has 1 atom stereocenters. The van der Waals surface area contributed by atoms with E-state index in [4.69, 9.17) is 0 Å². The summed E-state index contributed by atoms with van der Waals surface area (Å²) in [6.45, 7) is 11.4. The Kier molecular flexibility index (Phi) is 9.11. The molecule has 330 valence electrons. The van der Waals surface area contributed by atoms with E-state index in [1.165, 1.54) is 106 Å². The Hall–Kier alpha value is -8.00. The number of aryl methyl sites for hydroxylation is 2. The number of hydrogen-bond donors (Lipinski definition) is 0. The molecule has 0 N–H and O–H groups in total. The second-order valence-electron chi connectivity index (χ2n) is 20.6. The number of anilines is 3. The predicted octanol–water partition coefficient (Wildman–Crippen LogP) is 17.4. The SMILES string of the molecule is Cc1ccc(C2(c3ccc(C)cc3)c3ccccc3-c3ccc(N(c4cccc(-c5ccccc5)c4)c4ccc5c(c4)C4(c6ccccc6-5)c5ccccc5-c5ccc(C(C)(C)C)cc54)cc32)cc1. The van der Waals surface area contributed by atoms with Gasteiger partial charge in [0.2, 0.25) is 0 Å². The van der Waals surface area contributed by atoms with E-state index in [1.807, 2.05) is 0 Å². The van der Waals surface area contributed by atoms with Crippen molar-refractivity contribution < 1.29 is 0 Å². The van der Waals surface area contributed by atoms with Gasteiger partial charge in [0.1, 0.15) is 0 Å². The van der Waals surface area contributed by atoms with Gasteiger partial charge < -0.3 is 4.90 Å². The molecule has 10 aromatic carbocycles. The van der Waals surface area contributed by atoms with E-state index in [9.17, 15) is 0 Å². The summed E-state index contributed by atoms with van der Waals surface area (Å²) < 4.78 is 0. The quantitative estimate of drug-likeness (QED) is 0.161. The Morgan fingerprint density at radius 3 is 1.23 bits per heavy atom. The van der Waals surface area contributed by atoms with E-state index in [1.54, 1.807) is 0 Å². The zero-order valence-corrected chi connectivity index (χ0v) is 39.9. The Labute approximate surface area is 407 Å². The van der Waals surface area contributed by atoms with Crippen LogP contribution in [0.2, 0.25) is 0 Å². The van der Waals surface area contributed by atoms with Gasteiger partial charge in [0, 0.05) is 17.1 Å². The minimum Gasteiger partial charge on any atom is -0.310 e. The average Bonchev–Trinajstić information content (AvgIpc) is 3.97. The van der Waals surface area contributed by atoms with Crippen molar-refractivity contribution in [2.45, 2.75) is 50.9 Å². The molecule has 0 heterocycles. The predicted molar refractivity (Wildman–Crippen MR) is 288 cm³/mol. The Morgan fingerprint density at radius 2 is 0.710 bits per heavy atom. The van der Waals surface area contributed by atoms with Crippen LogP contribution in [-0.2, 0) is 16.2 Å². The maximum absolute atomic E-state index is 2.54. The van der Waals surface area contributed by atoms with Gasteiger partial charge in [0.25, 0.3) is 0 Å². The fourth-order valence-electron chi connectivity index (χ4n) is 12.4. The van der Waals surface area contributed by atoms with Crippen LogP contribution in [0.1, 0.15) is 82.0 Å². The molecule has 69 heavy (non-hydrogen) atoms. The lowest BCUT2D eigenvalue weighted by Crippen LogP contribution is -2.29. The normalized spacial score (nSPS) is 15.5. The highest BCUT2D eigenvalue weighted by molar-refractivity contribution is 5.97. The second kappa shape index (κ2) is 15.3. The van der Waals surface area contributed by atoms with Gasteiger partial charge in [-0.25, -0.2) is 0 Å². The molecule has 0 saturated heterocycles. The van der Waals surface area contributed by atoms with Crippen molar-refractivity contribution in [2.75, 3.05) is 4.90 Å². The molecule has 0 fully saturated rings. The summed E-state index contributed by atoms with van der Waals surface area (Å²) in [5.41, 5.74) is 26.8. The molecule has 0 aliphatic heterocycles. The Bertz CT molecular complexity index is 3600. The van der Waals surface area contributed by atoms with Gasteiger partial charge >= 0.3 is 0 Å². The van der Waals surface area contributed by atoms with Crippen molar-refractivity contribution in [3.63, 3.8) is 0 Å². The molecule has 0 bridgehead atoms. The first kappa shape index (κ1) is 41.2. The molecule has 0 amide bonds. The van der Waals surface area contributed by atoms with Crippen molar-refractivity contribution in [1.29, 1.82) is 0 Å². The lowest BCUT2D eigenvalue weighted by molar-refractivity contribution is 0.588. The third kappa shape index (κ3) is 5.96. The van der Waals surface area contributed by atoms with E-state index in [0.29, 0.717) is 0 Å². The number of rotatable bonds is 6. The number of benzene rings is 10. The molecule has 0 radical (unpaired) electrons. The topological polar surface area (TPSA) is 3.24 Å². The van der Waals surface area contributed by atoms with Crippen LogP contribution in [0.15, 0.2) is 231 Å². The molecule has 1 nitrogen and oxygen atoms in total. The molecule has 0 saturated carbocycles. The molecular formula is C68H53N. The molecular weight excluding hydrogens is 831 g/mol. The summed E-state index contributed by atoms with van der Waals surface area (Å²) in [6, 6.07) is 87.7. The maximum Gasteiger partial charge on any atom is 0.0726 e. The molecule has 13 rings (SSSR count). The summed E-state index contributed by atoms with van der Waals surface area (Å²) in [7, 11) is 0. The van der Waals surface area contributed by atoms with Crippen molar-refractivity contribution in [3.05, 3.63) is 292 Å². The molecule has 10 aromatic rings. The van der Waals surface area contributed by atoms with E-state index in [-0.39, 0.29) is 5.41 Å². The van der Waals surface area contributed by atoms with Gasteiger partial charge in [-0.15, -0.1) is 0 Å². The van der Waals surface area contributed by atoms with Crippen LogP contribution in [0.25, 0.3) is 44.5 Å². The van der Waals surface area contributed by atoms with Gasteiger partial charge in [-0.1, -0.05) is 226 Å². The maximum atomic E-state index is 2.54. The number of fused-ring (bicyclic) bond motifs is 13. The fourth-order valence-corrected chi connectivity index (χ4v) is 12.4. The van der Waals surface area contributed by atoms with E-state index >= 15 is 0 Å². The van der Waals surface area contributed by atoms with Crippen molar-refractivity contribution >= 4 is 17.1 Å². The first-order chi connectivity index (χ1) is 33.7. The molecule has 0 aromatic heterocycles. The summed E-state index contributed by atoms with van der Waals surface area (Å²) in [5, 5.41) is 0. The Balaban J connectivity index is 1.10. The van der Waals surface area contributed by atoms with Gasteiger partial charge in [0.05, 0.1) is 10.8 Å². The summed E-state index contributed by atoms with van der Waals surface area (Å²) in [5.74, 6) is 0. The minimum absolute atomic E-state index is 0.0199. The monoisotopic (exact) mass is 883 g/mol. The summed E-state index contributed by atoms with van der Waals surface area (Å²) in [6.07, 6.45) is 0. The molecule has 3 aliphatic rings. The van der Waals surface area contributed by atoms with Crippen molar-refractivity contribution in [2.24, 2.45) is 0 Å². The molecule has 1 heteroatoms. The van der Waals surface area contributed by atoms with E-state index in [0.717, 1.165) is 17.1 Å². The second-order valence-corrected chi connectivity index (χ2v) is 20.6. The van der Waals surface area contributed by atoms with Crippen LogP contribution in [0.3, 0.4) is 0 Å². The summed E-state index contributed by atoms with van der Waals surface area (Å²) in [4.78, 5) is 2.52. The van der Waals surface area contributed by atoms with Crippen LogP contribution < -0.4 is 4.90 Å². The first-order valence-corrected chi connectivity index (χ1v) is 24.5. The largest absolute Gasteiger partial charge is 0.310 e. The Morgan fingerprint density at radius 1 is 0.304 bits per heavy atom. The zero-order chi connectivity index (χ0) is 46.6. The van der Waals surface area contributed by atoms with E-state index < -0.39 is 10.8 Å². The lowest BCUT2D eigenvalue weighted by Gasteiger charge is -2.35. The smallest absolute Gasteiger partial charge is 0.0726 e. The van der Waals surface area contributed by atoms with E-state index in [2.05, 4.69) is 270 Å². The highest BCUT2D eigenvalue weighted by Gasteiger charge is 2.52. The fraction of sp³-hybridized carbons (Fsp3) is 0.118. The number of nitrogens with zero attached hydrogens (tertiary/aromatic N) is 1. The molecule has 3 aliphatic carbocycles. The van der Waals surface area contributed by atoms with Crippen LogP contribution in [0.4, 0.5) is 17.1 Å². The van der Waals surface area contributed by atoms with Crippen LogP contribution in [0.5, 0.6) is 0 Å². The lowest BCUT2D eigenvalue weighted by atomic mass is 9.67. The van der Waals surface area contributed by atoms with Crippen molar-refractivity contribution in [1.82, 2.24) is 0 Å². The van der Waals surface area contributed by atoms with Crippen molar-refractivity contribution in [3.8, 4) is 44.5 Å². The van der Waals surface area contributed by atoms with Gasteiger partial charge in [-0.05, 0) is 150 Å². The van der Waals surface area contributed by atoms with Crippen LogP contribution >= 0.6 is 0 Å². The number of hydrogen-bond acceptors (Lipinski definition) is 1. The van der Waals surface area contributed by atoms with Crippen LogP contribution in [-0.4, -0.2) is 0 Å².